The van der Waals surface area contributed by atoms with E-state index in [-0.39, 0.29) is 5.75 Å². The van der Waals surface area contributed by atoms with Crippen LogP contribution < -0.4 is 0 Å². The van der Waals surface area contributed by atoms with E-state index in [9.17, 15) is 8.42 Å². The van der Waals surface area contributed by atoms with E-state index < -0.39 is 10.1 Å². The standard InChI is InChI=1S/C7H15O3S/c1-2-3-4-5-6-7-11(8,9)10/h6H,2-5,7H2,1H3,(H,8,9,10). The molecule has 3 nitrogen and oxygen atoms in total. The van der Waals surface area contributed by atoms with Crippen LogP contribution in [0.4, 0.5) is 0 Å². The molecule has 67 valence electrons. The molecule has 0 aliphatic heterocycles. The Kier molecular flexibility index (Phi) is 5.50. The summed E-state index contributed by atoms with van der Waals surface area (Å²) in [6.07, 6.45) is 5.62. The van der Waals surface area contributed by atoms with Crippen molar-refractivity contribution in [1.29, 1.82) is 0 Å². The van der Waals surface area contributed by atoms with Crippen LogP contribution in [-0.4, -0.2) is 18.7 Å². The minimum atomic E-state index is -3.77. The number of hydrogen-bond donors (Lipinski definition) is 1. The lowest BCUT2D eigenvalue weighted by atomic mass is 10.2. The largest absolute Gasteiger partial charge is 0.286 e. The molecule has 1 radical (unpaired) electrons. The zero-order valence-electron chi connectivity index (χ0n) is 6.78. The van der Waals surface area contributed by atoms with Crippen LogP contribution in [0.2, 0.25) is 0 Å². The van der Waals surface area contributed by atoms with E-state index in [4.69, 9.17) is 4.55 Å². The van der Waals surface area contributed by atoms with Crippen LogP contribution in [0.5, 0.6) is 0 Å². The van der Waals surface area contributed by atoms with Gasteiger partial charge >= 0.3 is 0 Å². The third kappa shape index (κ3) is 9.91. The zero-order valence-corrected chi connectivity index (χ0v) is 7.60. The summed E-state index contributed by atoms with van der Waals surface area (Å²) in [6.45, 7) is 2.09. The normalized spacial score (nSPS) is 11.8. The SMILES string of the molecule is CCCCC[CH]CS(=O)(=O)O. The fourth-order valence-electron chi connectivity index (χ4n) is 0.771. The minimum absolute atomic E-state index is 0.212. The maximum Gasteiger partial charge on any atom is 0.265 e. The van der Waals surface area contributed by atoms with E-state index in [1.807, 2.05) is 0 Å². The minimum Gasteiger partial charge on any atom is -0.286 e. The molecule has 0 heterocycles. The van der Waals surface area contributed by atoms with Crippen molar-refractivity contribution in [1.82, 2.24) is 0 Å². The molecular formula is C7H15O3S. The van der Waals surface area contributed by atoms with Gasteiger partial charge in [0.15, 0.2) is 0 Å². The number of rotatable bonds is 6. The van der Waals surface area contributed by atoms with Gasteiger partial charge in [-0.05, 0) is 12.8 Å². The van der Waals surface area contributed by atoms with Crippen LogP contribution in [0.15, 0.2) is 0 Å². The van der Waals surface area contributed by atoms with Gasteiger partial charge in [-0.1, -0.05) is 26.2 Å². The Labute approximate surface area is 68.6 Å². The molecule has 0 unspecified atom stereocenters. The molecule has 0 aliphatic carbocycles. The van der Waals surface area contributed by atoms with E-state index in [0.29, 0.717) is 0 Å². The van der Waals surface area contributed by atoms with Gasteiger partial charge < -0.3 is 0 Å². The molecule has 0 aliphatic rings. The molecule has 0 bridgehead atoms. The molecule has 0 atom stereocenters. The molecule has 0 saturated heterocycles. The van der Waals surface area contributed by atoms with E-state index in [2.05, 4.69) is 6.92 Å². The van der Waals surface area contributed by atoms with E-state index in [1.165, 1.54) is 0 Å². The maximum atomic E-state index is 10.2. The van der Waals surface area contributed by atoms with Crippen LogP contribution in [-0.2, 0) is 10.1 Å². The van der Waals surface area contributed by atoms with Crippen LogP contribution in [0.25, 0.3) is 0 Å². The van der Waals surface area contributed by atoms with Crippen LogP contribution in [0, 0.1) is 6.42 Å². The quantitative estimate of drug-likeness (QED) is 0.498. The highest BCUT2D eigenvalue weighted by molar-refractivity contribution is 7.85. The zero-order chi connectivity index (χ0) is 8.74. The van der Waals surface area contributed by atoms with Crippen LogP contribution in [0.3, 0.4) is 0 Å². The second-order valence-corrected chi connectivity index (χ2v) is 4.03. The van der Waals surface area contributed by atoms with Crippen LogP contribution in [0.1, 0.15) is 32.6 Å². The summed E-state index contributed by atoms with van der Waals surface area (Å²) in [7, 11) is -3.77. The summed E-state index contributed by atoms with van der Waals surface area (Å²) in [5.74, 6) is -0.212. The van der Waals surface area contributed by atoms with Crippen molar-refractivity contribution in [3.63, 3.8) is 0 Å². The molecule has 1 N–H and O–H groups in total. The van der Waals surface area contributed by atoms with Gasteiger partial charge in [-0.15, -0.1) is 0 Å². The lowest BCUT2D eigenvalue weighted by Gasteiger charge is -1.96. The molecule has 0 amide bonds. The first-order valence-electron chi connectivity index (χ1n) is 3.83. The molecule has 0 rings (SSSR count). The molecular weight excluding hydrogens is 164 g/mol. The predicted molar refractivity (Wildman–Crippen MR) is 44.9 cm³/mol. The number of unbranched alkanes of at least 4 members (excludes halogenated alkanes) is 4. The molecule has 11 heavy (non-hydrogen) atoms. The first-order chi connectivity index (χ1) is 5.06. The van der Waals surface area contributed by atoms with Crippen molar-refractivity contribution in [2.24, 2.45) is 0 Å². The van der Waals surface area contributed by atoms with E-state index in [1.54, 1.807) is 6.42 Å². The Morgan fingerprint density at radius 3 is 2.45 bits per heavy atom. The van der Waals surface area contributed by atoms with Gasteiger partial charge in [-0.25, -0.2) is 0 Å². The Morgan fingerprint density at radius 1 is 1.36 bits per heavy atom. The van der Waals surface area contributed by atoms with Gasteiger partial charge in [0.1, 0.15) is 0 Å². The van der Waals surface area contributed by atoms with Crippen molar-refractivity contribution < 1.29 is 13.0 Å². The topological polar surface area (TPSA) is 54.4 Å². The number of hydrogen-bond acceptors (Lipinski definition) is 2. The van der Waals surface area contributed by atoms with E-state index in [0.717, 1.165) is 25.7 Å². The first-order valence-corrected chi connectivity index (χ1v) is 5.44. The highest BCUT2D eigenvalue weighted by Gasteiger charge is 2.02. The van der Waals surface area contributed by atoms with Gasteiger partial charge in [-0.2, -0.15) is 8.42 Å². The summed E-state index contributed by atoms with van der Waals surface area (Å²) in [5.41, 5.74) is 0. The summed E-state index contributed by atoms with van der Waals surface area (Å²) in [4.78, 5) is 0. The second-order valence-electron chi connectivity index (χ2n) is 2.53. The molecule has 0 saturated carbocycles. The third-order valence-corrected chi connectivity index (χ3v) is 2.00. The fraction of sp³-hybridized carbons (Fsp3) is 0.857. The molecule has 0 aromatic carbocycles. The Hall–Kier alpha value is -0.0900. The highest BCUT2D eigenvalue weighted by Crippen LogP contribution is 2.02. The van der Waals surface area contributed by atoms with Crippen molar-refractivity contribution in [2.75, 3.05) is 5.75 Å². The second kappa shape index (κ2) is 5.55. The summed E-state index contributed by atoms with van der Waals surface area (Å²) in [5, 5.41) is 0. The van der Waals surface area contributed by atoms with Gasteiger partial charge in [-0.3, -0.25) is 4.55 Å². The lowest BCUT2D eigenvalue weighted by molar-refractivity contribution is 0.484. The average molecular weight is 179 g/mol. The van der Waals surface area contributed by atoms with Crippen molar-refractivity contribution >= 4 is 10.1 Å². The Balaban J connectivity index is 3.16. The molecule has 0 aromatic heterocycles. The van der Waals surface area contributed by atoms with Crippen LogP contribution >= 0.6 is 0 Å². The summed E-state index contributed by atoms with van der Waals surface area (Å²) < 4.78 is 28.7. The van der Waals surface area contributed by atoms with Gasteiger partial charge in [0, 0.05) is 0 Å². The predicted octanol–water partition coefficient (Wildman–Crippen LogP) is 1.66. The monoisotopic (exact) mass is 179 g/mol. The Morgan fingerprint density at radius 2 is 2.00 bits per heavy atom. The average Bonchev–Trinajstić information content (AvgIpc) is 1.85. The van der Waals surface area contributed by atoms with Crippen molar-refractivity contribution in [3.8, 4) is 0 Å². The summed E-state index contributed by atoms with van der Waals surface area (Å²) >= 11 is 0. The fourth-order valence-corrected chi connectivity index (χ4v) is 1.24. The molecule has 0 fully saturated rings. The van der Waals surface area contributed by atoms with Gasteiger partial charge in [0.05, 0.1) is 5.75 Å². The molecule has 0 spiro atoms. The summed E-state index contributed by atoms with van der Waals surface area (Å²) in [6, 6.07) is 0. The van der Waals surface area contributed by atoms with E-state index >= 15 is 0 Å². The maximum absolute atomic E-state index is 10.2. The van der Waals surface area contributed by atoms with Crippen molar-refractivity contribution in [3.05, 3.63) is 6.42 Å². The highest BCUT2D eigenvalue weighted by atomic mass is 32.2. The lowest BCUT2D eigenvalue weighted by Crippen LogP contribution is -2.03. The molecule has 4 heteroatoms. The third-order valence-electron chi connectivity index (χ3n) is 1.34. The van der Waals surface area contributed by atoms with Crippen molar-refractivity contribution in [2.45, 2.75) is 32.6 Å². The smallest absolute Gasteiger partial charge is 0.265 e. The van der Waals surface area contributed by atoms with Gasteiger partial charge in [0.2, 0.25) is 0 Å². The Bertz CT molecular complexity index is 172. The first kappa shape index (κ1) is 10.9. The van der Waals surface area contributed by atoms with Gasteiger partial charge in [0.25, 0.3) is 10.1 Å². The molecule has 0 aromatic rings.